The summed E-state index contributed by atoms with van der Waals surface area (Å²) in [5, 5.41) is 20.8. The fraction of sp³-hybridized carbons (Fsp3) is 0.276. The van der Waals surface area contributed by atoms with Crippen LogP contribution in [0.3, 0.4) is 0 Å². The quantitative estimate of drug-likeness (QED) is 0.240. The Labute approximate surface area is 226 Å². The molecule has 1 aliphatic heterocycles. The molecule has 6 rings (SSSR count). The van der Waals surface area contributed by atoms with Gasteiger partial charge in [-0.15, -0.1) is 0 Å². The molecule has 0 unspecified atom stereocenters. The average Bonchev–Trinajstić information content (AvgIpc) is 3.62. The van der Waals surface area contributed by atoms with Gasteiger partial charge in [0.2, 0.25) is 5.95 Å². The molecule has 38 heavy (non-hydrogen) atoms. The first-order valence-corrected chi connectivity index (χ1v) is 14.0. The maximum Gasteiger partial charge on any atom is 0.227 e. The lowest BCUT2D eigenvalue weighted by atomic mass is 10.0. The van der Waals surface area contributed by atoms with Crippen LogP contribution in [0.4, 0.5) is 11.8 Å². The summed E-state index contributed by atoms with van der Waals surface area (Å²) in [6, 6.07) is 20.4. The number of rotatable bonds is 9. The van der Waals surface area contributed by atoms with E-state index in [0.29, 0.717) is 18.5 Å². The molecule has 1 fully saturated rings. The number of aromatic hydroxyl groups is 1. The van der Waals surface area contributed by atoms with Gasteiger partial charge in [-0.05, 0) is 54.0 Å². The topological polar surface area (TPSA) is 91.1 Å². The van der Waals surface area contributed by atoms with Crippen LogP contribution < -0.4 is 10.6 Å². The SMILES string of the molecule is Oc1ccc(CCNc2nc(NC3CCN(Cc4ccccc4)CC3)nc3c2ncn3-c2ccsc2)cc1. The number of nitrogens with one attached hydrogen (secondary N) is 2. The van der Waals surface area contributed by atoms with Gasteiger partial charge in [0.1, 0.15) is 12.1 Å². The molecule has 0 spiro atoms. The molecular weight excluding hydrogens is 494 g/mol. The highest BCUT2D eigenvalue weighted by Crippen LogP contribution is 2.26. The number of piperidine rings is 1. The Morgan fingerprint density at radius 3 is 2.53 bits per heavy atom. The van der Waals surface area contributed by atoms with E-state index in [2.05, 4.69) is 67.7 Å². The van der Waals surface area contributed by atoms with E-state index < -0.39 is 0 Å². The second-order valence-electron chi connectivity index (χ2n) is 9.69. The molecule has 1 saturated heterocycles. The number of likely N-dealkylation sites (tertiary alicyclic amines) is 1. The van der Waals surface area contributed by atoms with Gasteiger partial charge >= 0.3 is 0 Å². The van der Waals surface area contributed by atoms with Gasteiger partial charge in [-0.1, -0.05) is 42.5 Å². The van der Waals surface area contributed by atoms with Crippen LogP contribution in [0.25, 0.3) is 16.9 Å². The highest BCUT2D eigenvalue weighted by Gasteiger charge is 2.21. The predicted octanol–water partition coefficient (Wildman–Crippen LogP) is 5.31. The van der Waals surface area contributed by atoms with Crippen molar-refractivity contribution in [2.75, 3.05) is 30.3 Å². The van der Waals surface area contributed by atoms with Gasteiger partial charge in [0.05, 0.1) is 5.69 Å². The number of fused-ring (bicyclic) bond motifs is 1. The van der Waals surface area contributed by atoms with Gasteiger partial charge in [-0.3, -0.25) is 9.47 Å². The number of hydrogen-bond acceptors (Lipinski definition) is 8. The number of imidazole rings is 1. The molecule has 0 atom stereocenters. The van der Waals surface area contributed by atoms with Crippen molar-refractivity contribution in [3.05, 3.63) is 88.9 Å². The second kappa shape index (κ2) is 11.2. The van der Waals surface area contributed by atoms with Crippen molar-refractivity contribution in [3.8, 4) is 11.4 Å². The number of anilines is 2. The van der Waals surface area contributed by atoms with Gasteiger partial charge in [-0.2, -0.15) is 21.3 Å². The zero-order valence-electron chi connectivity index (χ0n) is 21.1. The van der Waals surface area contributed by atoms with Crippen LogP contribution in [0.2, 0.25) is 0 Å². The molecule has 0 saturated carbocycles. The first kappa shape index (κ1) is 24.4. The van der Waals surface area contributed by atoms with E-state index in [-0.39, 0.29) is 5.75 Å². The molecule has 0 radical (unpaired) electrons. The first-order valence-electron chi connectivity index (χ1n) is 13.0. The van der Waals surface area contributed by atoms with Crippen molar-refractivity contribution in [1.29, 1.82) is 0 Å². The molecule has 0 amide bonds. The lowest BCUT2D eigenvalue weighted by molar-refractivity contribution is 0.211. The molecule has 5 aromatic rings. The predicted molar refractivity (Wildman–Crippen MR) is 153 cm³/mol. The number of benzene rings is 2. The number of aromatic nitrogens is 4. The van der Waals surface area contributed by atoms with E-state index in [1.165, 1.54) is 5.56 Å². The van der Waals surface area contributed by atoms with Crippen LogP contribution in [0.1, 0.15) is 24.0 Å². The normalized spacial score (nSPS) is 14.6. The summed E-state index contributed by atoms with van der Waals surface area (Å²) >= 11 is 1.65. The number of thiophene rings is 1. The van der Waals surface area contributed by atoms with Crippen molar-refractivity contribution in [3.63, 3.8) is 0 Å². The number of phenolic OH excluding ortho intramolecular Hbond substituents is 1. The fourth-order valence-corrected chi connectivity index (χ4v) is 5.55. The third kappa shape index (κ3) is 5.64. The summed E-state index contributed by atoms with van der Waals surface area (Å²) in [6.45, 7) is 3.77. The number of nitrogens with zero attached hydrogens (tertiary/aromatic N) is 5. The molecule has 2 aromatic carbocycles. The monoisotopic (exact) mass is 525 g/mol. The Kier molecular flexibility index (Phi) is 7.19. The zero-order valence-corrected chi connectivity index (χ0v) is 21.9. The lowest BCUT2D eigenvalue weighted by Gasteiger charge is -2.32. The van der Waals surface area contributed by atoms with Gasteiger partial charge in [-0.25, -0.2) is 4.98 Å². The fourth-order valence-electron chi connectivity index (χ4n) is 4.92. The van der Waals surface area contributed by atoms with Gasteiger partial charge < -0.3 is 15.7 Å². The maximum atomic E-state index is 9.55. The third-order valence-electron chi connectivity index (χ3n) is 6.99. The summed E-state index contributed by atoms with van der Waals surface area (Å²) in [6.07, 6.45) is 4.71. The van der Waals surface area contributed by atoms with Gasteiger partial charge in [0, 0.05) is 37.6 Å². The lowest BCUT2D eigenvalue weighted by Crippen LogP contribution is -2.39. The van der Waals surface area contributed by atoms with Crippen LogP contribution in [0, 0.1) is 0 Å². The summed E-state index contributed by atoms with van der Waals surface area (Å²) < 4.78 is 2.02. The van der Waals surface area contributed by atoms with Crippen molar-refractivity contribution < 1.29 is 5.11 Å². The van der Waals surface area contributed by atoms with Crippen molar-refractivity contribution >= 4 is 34.3 Å². The van der Waals surface area contributed by atoms with E-state index in [9.17, 15) is 5.11 Å². The average molecular weight is 526 g/mol. The van der Waals surface area contributed by atoms with Crippen LogP contribution in [-0.4, -0.2) is 55.2 Å². The summed E-state index contributed by atoms with van der Waals surface area (Å²) in [7, 11) is 0. The molecule has 8 nitrogen and oxygen atoms in total. The summed E-state index contributed by atoms with van der Waals surface area (Å²) in [5.41, 5.74) is 5.09. The number of phenols is 1. The highest BCUT2D eigenvalue weighted by atomic mass is 32.1. The maximum absolute atomic E-state index is 9.55. The zero-order chi connectivity index (χ0) is 25.7. The van der Waals surface area contributed by atoms with Gasteiger partial charge in [0.15, 0.2) is 17.0 Å². The minimum atomic E-state index is 0.278. The van der Waals surface area contributed by atoms with E-state index in [1.54, 1.807) is 23.5 Å². The highest BCUT2D eigenvalue weighted by molar-refractivity contribution is 7.08. The Bertz CT molecular complexity index is 1460. The summed E-state index contributed by atoms with van der Waals surface area (Å²) in [4.78, 5) is 16.9. The van der Waals surface area contributed by atoms with Crippen LogP contribution >= 0.6 is 11.3 Å². The van der Waals surface area contributed by atoms with Gasteiger partial charge in [0.25, 0.3) is 0 Å². The van der Waals surface area contributed by atoms with E-state index in [4.69, 9.17) is 9.97 Å². The smallest absolute Gasteiger partial charge is 0.227 e. The Balaban J connectivity index is 1.18. The molecular formula is C29H31N7OS. The first-order chi connectivity index (χ1) is 18.7. The molecule has 3 aromatic heterocycles. The number of hydrogen-bond donors (Lipinski definition) is 3. The van der Waals surface area contributed by atoms with Crippen LogP contribution in [0.15, 0.2) is 77.8 Å². The van der Waals surface area contributed by atoms with Crippen molar-refractivity contribution in [1.82, 2.24) is 24.4 Å². The standard InChI is InChI=1S/C29H31N7OS/c37-25-8-6-21(7-9-25)10-14-30-27-26-28(36(20-31-26)24-13-17-38-19-24)34-29(33-27)32-23-11-15-35(16-12-23)18-22-4-2-1-3-5-22/h1-9,13,17,19-20,23,37H,10-12,14-16,18H2,(H2,30,32,33,34). The molecule has 0 aliphatic carbocycles. The van der Waals surface area contributed by atoms with E-state index >= 15 is 0 Å². The Morgan fingerprint density at radius 1 is 0.947 bits per heavy atom. The molecule has 1 aliphatic rings. The largest absolute Gasteiger partial charge is 0.508 e. The van der Waals surface area contributed by atoms with Crippen LogP contribution in [0.5, 0.6) is 5.75 Å². The second-order valence-corrected chi connectivity index (χ2v) is 10.5. The van der Waals surface area contributed by atoms with Crippen molar-refractivity contribution in [2.24, 2.45) is 0 Å². The molecule has 194 valence electrons. The Hall–Kier alpha value is -3.95. The molecule has 3 N–H and O–H groups in total. The minimum absolute atomic E-state index is 0.278. The molecule has 9 heteroatoms. The summed E-state index contributed by atoms with van der Waals surface area (Å²) in [5.74, 6) is 1.63. The van der Waals surface area contributed by atoms with Crippen LogP contribution in [-0.2, 0) is 13.0 Å². The van der Waals surface area contributed by atoms with E-state index in [1.807, 2.05) is 23.0 Å². The third-order valence-corrected chi connectivity index (χ3v) is 7.66. The van der Waals surface area contributed by atoms with E-state index in [0.717, 1.165) is 67.1 Å². The minimum Gasteiger partial charge on any atom is -0.508 e. The Morgan fingerprint density at radius 2 is 1.76 bits per heavy atom. The molecule has 4 heterocycles. The molecule has 0 bridgehead atoms. The van der Waals surface area contributed by atoms with Crippen molar-refractivity contribution in [2.45, 2.75) is 31.8 Å².